The highest BCUT2D eigenvalue weighted by molar-refractivity contribution is 6.06. The SMILES string of the molecule is Cn1ccc(-c2cc(C(=O)Nc3ccc(C4CCNC4=O)nc3-c3ccccc3)ccc2C(F)(F)F)n1. The van der Waals surface area contributed by atoms with Crippen LogP contribution in [0.3, 0.4) is 0 Å². The first kappa shape index (κ1) is 24.2. The molecule has 188 valence electrons. The number of nitrogens with zero attached hydrogens (tertiary/aromatic N) is 3. The van der Waals surface area contributed by atoms with Crippen LogP contribution in [0.15, 0.2) is 72.9 Å². The Balaban J connectivity index is 1.52. The number of hydrogen-bond acceptors (Lipinski definition) is 4. The third-order valence-corrected chi connectivity index (χ3v) is 6.19. The third-order valence-electron chi connectivity index (χ3n) is 6.19. The second-order valence-corrected chi connectivity index (χ2v) is 8.72. The van der Waals surface area contributed by atoms with Crippen molar-refractivity contribution in [3.05, 3.63) is 89.7 Å². The summed E-state index contributed by atoms with van der Waals surface area (Å²) in [5, 5.41) is 9.67. The van der Waals surface area contributed by atoms with Gasteiger partial charge in [0.25, 0.3) is 5.91 Å². The van der Waals surface area contributed by atoms with Crippen LogP contribution in [0.25, 0.3) is 22.5 Å². The van der Waals surface area contributed by atoms with Gasteiger partial charge in [-0.25, -0.2) is 4.98 Å². The summed E-state index contributed by atoms with van der Waals surface area (Å²) in [6, 6.07) is 17.2. The number of pyridine rings is 1. The molecule has 10 heteroatoms. The maximum Gasteiger partial charge on any atom is 0.417 e. The smallest absolute Gasteiger partial charge is 0.355 e. The first-order valence-corrected chi connectivity index (χ1v) is 11.6. The molecule has 1 aliphatic heterocycles. The van der Waals surface area contributed by atoms with Crippen molar-refractivity contribution in [1.82, 2.24) is 20.1 Å². The Morgan fingerprint density at radius 3 is 2.51 bits per heavy atom. The molecule has 0 saturated carbocycles. The average molecular weight is 506 g/mol. The molecule has 2 N–H and O–H groups in total. The lowest BCUT2D eigenvalue weighted by atomic mass is 9.99. The van der Waals surface area contributed by atoms with Crippen molar-refractivity contribution < 1.29 is 22.8 Å². The normalized spacial score (nSPS) is 15.5. The zero-order chi connectivity index (χ0) is 26.2. The number of halogens is 3. The van der Waals surface area contributed by atoms with E-state index in [2.05, 4.69) is 15.7 Å². The Morgan fingerprint density at radius 2 is 1.86 bits per heavy atom. The van der Waals surface area contributed by atoms with Crippen LogP contribution in [0.5, 0.6) is 0 Å². The lowest BCUT2D eigenvalue weighted by Crippen LogP contribution is -2.19. The standard InChI is InChI=1S/C27H22F3N5O2/c1-35-14-12-22(34-35)19-15-17(7-8-20(19)27(28,29)30)25(36)33-23-10-9-21(18-11-13-31-26(18)37)32-24(23)16-5-3-2-4-6-16/h2-10,12,14-15,18H,11,13H2,1H3,(H,31,37)(H,33,36). The lowest BCUT2D eigenvalue weighted by molar-refractivity contribution is -0.137. The maximum absolute atomic E-state index is 13.7. The molecular formula is C27H22F3N5O2. The van der Waals surface area contributed by atoms with Crippen LogP contribution in [-0.2, 0) is 18.0 Å². The van der Waals surface area contributed by atoms with Gasteiger partial charge in [0.2, 0.25) is 5.91 Å². The second-order valence-electron chi connectivity index (χ2n) is 8.72. The lowest BCUT2D eigenvalue weighted by Gasteiger charge is -2.16. The highest BCUT2D eigenvalue weighted by atomic mass is 19.4. The van der Waals surface area contributed by atoms with Crippen molar-refractivity contribution in [2.75, 3.05) is 11.9 Å². The molecule has 2 aromatic carbocycles. The number of amides is 2. The van der Waals surface area contributed by atoms with Crippen LogP contribution in [-0.4, -0.2) is 33.1 Å². The van der Waals surface area contributed by atoms with Gasteiger partial charge in [-0.1, -0.05) is 30.3 Å². The Kier molecular flexibility index (Phi) is 6.24. The van der Waals surface area contributed by atoms with E-state index in [4.69, 9.17) is 4.98 Å². The van der Waals surface area contributed by atoms with E-state index in [1.165, 1.54) is 23.0 Å². The first-order chi connectivity index (χ1) is 17.7. The van der Waals surface area contributed by atoms with Gasteiger partial charge in [-0.3, -0.25) is 14.3 Å². The molecule has 1 unspecified atom stereocenters. The number of carbonyl (C=O) groups excluding carboxylic acids is 2. The molecule has 0 aliphatic carbocycles. The van der Waals surface area contributed by atoms with E-state index < -0.39 is 17.6 Å². The minimum atomic E-state index is -4.62. The Hall–Kier alpha value is -4.47. The van der Waals surface area contributed by atoms with Crippen LogP contribution < -0.4 is 10.6 Å². The Labute approximate surface area is 210 Å². The third kappa shape index (κ3) is 4.95. The van der Waals surface area contributed by atoms with Crippen molar-refractivity contribution in [1.29, 1.82) is 0 Å². The number of anilines is 1. The predicted molar refractivity (Wildman–Crippen MR) is 132 cm³/mol. The molecule has 2 aromatic heterocycles. The minimum Gasteiger partial charge on any atom is -0.355 e. The fourth-order valence-electron chi connectivity index (χ4n) is 4.36. The molecule has 5 rings (SSSR count). The molecule has 0 bridgehead atoms. The number of alkyl halides is 3. The maximum atomic E-state index is 13.7. The molecule has 4 aromatic rings. The summed E-state index contributed by atoms with van der Waals surface area (Å²) < 4.78 is 42.4. The van der Waals surface area contributed by atoms with Gasteiger partial charge in [0.1, 0.15) is 0 Å². The van der Waals surface area contributed by atoms with E-state index in [1.54, 1.807) is 19.2 Å². The Bertz CT molecular complexity index is 1480. The average Bonchev–Trinajstić information content (AvgIpc) is 3.52. The number of nitrogens with one attached hydrogen (secondary N) is 2. The van der Waals surface area contributed by atoms with Crippen LogP contribution in [0.4, 0.5) is 18.9 Å². The van der Waals surface area contributed by atoms with Gasteiger partial charge in [-0.2, -0.15) is 18.3 Å². The number of carbonyl (C=O) groups is 2. The fourth-order valence-corrected chi connectivity index (χ4v) is 4.36. The van der Waals surface area contributed by atoms with E-state index in [-0.39, 0.29) is 28.6 Å². The highest BCUT2D eigenvalue weighted by Crippen LogP contribution is 2.37. The van der Waals surface area contributed by atoms with Gasteiger partial charge in [-0.15, -0.1) is 0 Å². The van der Waals surface area contributed by atoms with Crippen LogP contribution in [0.1, 0.15) is 34.0 Å². The monoisotopic (exact) mass is 505 g/mol. The van der Waals surface area contributed by atoms with Crippen LogP contribution >= 0.6 is 0 Å². The fraction of sp³-hybridized carbons (Fsp3) is 0.185. The van der Waals surface area contributed by atoms with Gasteiger partial charge in [0, 0.05) is 36.5 Å². The van der Waals surface area contributed by atoms with E-state index in [9.17, 15) is 22.8 Å². The summed E-state index contributed by atoms with van der Waals surface area (Å²) in [7, 11) is 1.60. The van der Waals surface area contributed by atoms with Gasteiger partial charge in [0.15, 0.2) is 0 Å². The molecular weight excluding hydrogens is 483 g/mol. The zero-order valence-electron chi connectivity index (χ0n) is 19.7. The van der Waals surface area contributed by atoms with E-state index >= 15 is 0 Å². The molecule has 0 radical (unpaired) electrons. The summed E-state index contributed by atoms with van der Waals surface area (Å²) >= 11 is 0. The van der Waals surface area contributed by atoms with Gasteiger partial charge < -0.3 is 10.6 Å². The molecule has 1 atom stereocenters. The Morgan fingerprint density at radius 1 is 1.08 bits per heavy atom. The number of rotatable bonds is 5. The summed E-state index contributed by atoms with van der Waals surface area (Å²) in [5.41, 5.74) is 1.21. The molecule has 2 amide bonds. The highest BCUT2D eigenvalue weighted by Gasteiger charge is 2.35. The van der Waals surface area contributed by atoms with E-state index in [1.807, 2.05) is 30.3 Å². The minimum absolute atomic E-state index is 0.0342. The molecule has 1 fully saturated rings. The number of aryl methyl sites for hydroxylation is 1. The van der Waals surface area contributed by atoms with E-state index in [0.717, 1.165) is 17.7 Å². The zero-order valence-corrected chi connectivity index (χ0v) is 19.7. The van der Waals surface area contributed by atoms with Crippen molar-refractivity contribution in [2.45, 2.75) is 18.5 Å². The molecule has 7 nitrogen and oxygen atoms in total. The summed E-state index contributed by atoms with van der Waals surface area (Å²) in [6.45, 7) is 0.566. The summed E-state index contributed by atoms with van der Waals surface area (Å²) in [6.07, 6.45) is -2.46. The molecule has 1 aliphatic rings. The molecule has 3 heterocycles. The number of aromatic nitrogens is 3. The van der Waals surface area contributed by atoms with Crippen LogP contribution in [0, 0.1) is 0 Å². The molecule has 1 saturated heterocycles. The van der Waals surface area contributed by atoms with Crippen molar-refractivity contribution in [3.8, 4) is 22.5 Å². The predicted octanol–water partition coefficient (Wildman–Crippen LogP) is 5.02. The first-order valence-electron chi connectivity index (χ1n) is 11.6. The van der Waals surface area contributed by atoms with Gasteiger partial charge in [0.05, 0.1) is 34.3 Å². The van der Waals surface area contributed by atoms with Crippen molar-refractivity contribution in [3.63, 3.8) is 0 Å². The topological polar surface area (TPSA) is 88.9 Å². The largest absolute Gasteiger partial charge is 0.417 e. The van der Waals surface area contributed by atoms with Crippen LogP contribution in [0.2, 0.25) is 0 Å². The molecule has 37 heavy (non-hydrogen) atoms. The summed E-state index contributed by atoms with van der Waals surface area (Å²) in [5.74, 6) is -1.09. The molecule has 0 spiro atoms. The summed E-state index contributed by atoms with van der Waals surface area (Å²) in [4.78, 5) is 30.1. The van der Waals surface area contributed by atoms with Gasteiger partial charge in [-0.05, 0) is 42.8 Å². The number of benzene rings is 2. The van der Waals surface area contributed by atoms with Crippen molar-refractivity contribution in [2.24, 2.45) is 7.05 Å². The van der Waals surface area contributed by atoms with Crippen molar-refractivity contribution >= 4 is 17.5 Å². The van der Waals surface area contributed by atoms with Gasteiger partial charge >= 0.3 is 6.18 Å². The number of hydrogen-bond donors (Lipinski definition) is 2. The van der Waals surface area contributed by atoms with E-state index in [0.29, 0.717) is 30.0 Å². The quantitative estimate of drug-likeness (QED) is 0.399. The second kappa shape index (κ2) is 9.53.